The predicted molar refractivity (Wildman–Crippen MR) is 195 cm³/mol. The third-order valence-corrected chi connectivity index (χ3v) is 10.3. The number of aromatic nitrogens is 3. The molecule has 3 amide bonds. The Morgan fingerprint density at radius 2 is 1.70 bits per heavy atom. The van der Waals surface area contributed by atoms with Crippen LogP contribution in [0.3, 0.4) is 0 Å². The highest BCUT2D eigenvalue weighted by Gasteiger charge is 2.29. The Balaban J connectivity index is 0.000000192. The molecule has 5 heterocycles. The molecule has 4 aromatic rings. The normalized spacial score (nSPS) is 18.9. The van der Waals surface area contributed by atoms with E-state index in [1.165, 1.54) is 43.5 Å². The summed E-state index contributed by atoms with van der Waals surface area (Å²) in [6, 6.07) is 11.0. The van der Waals surface area contributed by atoms with Crippen LogP contribution in [0.5, 0.6) is 5.75 Å². The van der Waals surface area contributed by atoms with Crippen molar-refractivity contribution in [2.75, 3.05) is 25.5 Å². The number of hydrogen-bond donors (Lipinski definition) is 2. The molecule has 1 unspecified atom stereocenters. The molecule has 53 heavy (non-hydrogen) atoms. The number of pyridine rings is 2. The lowest BCUT2D eigenvalue weighted by atomic mass is 9.85. The van der Waals surface area contributed by atoms with Crippen LogP contribution < -0.4 is 15.4 Å². The van der Waals surface area contributed by atoms with Crippen molar-refractivity contribution in [3.63, 3.8) is 0 Å². The third-order valence-electron chi connectivity index (χ3n) is 10.3. The summed E-state index contributed by atoms with van der Waals surface area (Å²) in [4.78, 5) is 46.9. The summed E-state index contributed by atoms with van der Waals surface area (Å²) < 4.78 is 48.1. The minimum absolute atomic E-state index is 0.0620. The number of nitrogens with one attached hydrogen (secondary N) is 2. The molecule has 1 atom stereocenters. The summed E-state index contributed by atoms with van der Waals surface area (Å²) in [6.45, 7) is 5.72. The number of carbonyl (C=O) groups is 3. The number of amides is 3. The van der Waals surface area contributed by atoms with E-state index in [9.17, 15) is 27.6 Å². The first-order valence-corrected chi connectivity index (χ1v) is 18.5. The number of ether oxygens (including phenoxy) is 1. The van der Waals surface area contributed by atoms with Gasteiger partial charge in [0.25, 0.3) is 12.3 Å². The fourth-order valence-corrected chi connectivity index (χ4v) is 7.40. The average molecular weight is 733 g/mol. The second-order valence-electron chi connectivity index (χ2n) is 14.5. The number of halogens is 3. The zero-order chi connectivity index (χ0) is 37.6. The van der Waals surface area contributed by atoms with Crippen LogP contribution in [0.4, 0.5) is 19.0 Å². The van der Waals surface area contributed by atoms with Gasteiger partial charge in [-0.15, -0.1) is 0 Å². The zero-order valence-electron chi connectivity index (χ0n) is 30.4. The van der Waals surface area contributed by atoms with Crippen LogP contribution in [0.1, 0.15) is 129 Å². The van der Waals surface area contributed by atoms with Crippen LogP contribution >= 0.6 is 0 Å². The number of alkyl halides is 2. The lowest BCUT2D eigenvalue weighted by molar-refractivity contribution is -0.134. The Bertz CT molecular complexity index is 1930. The number of imidazole rings is 1. The summed E-state index contributed by atoms with van der Waals surface area (Å²) in [6.07, 6.45) is 9.41. The highest BCUT2D eigenvalue weighted by atomic mass is 19.3. The number of likely N-dealkylation sites (tertiary alicyclic amines) is 1. The highest BCUT2D eigenvalue weighted by Crippen LogP contribution is 2.34. The monoisotopic (exact) mass is 732 g/mol. The van der Waals surface area contributed by atoms with Gasteiger partial charge in [-0.25, -0.2) is 23.1 Å². The molecule has 13 heteroatoms. The van der Waals surface area contributed by atoms with Gasteiger partial charge in [0.1, 0.15) is 28.7 Å². The van der Waals surface area contributed by atoms with Crippen molar-refractivity contribution in [3.8, 4) is 5.75 Å². The van der Waals surface area contributed by atoms with E-state index in [4.69, 9.17) is 9.72 Å². The van der Waals surface area contributed by atoms with Crippen LogP contribution in [0.15, 0.2) is 54.9 Å². The van der Waals surface area contributed by atoms with Gasteiger partial charge in [-0.1, -0.05) is 37.5 Å². The lowest BCUT2D eigenvalue weighted by Gasteiger charge is -2.29. The Labute approximate surface area is 307 Å². The molecule has 2 saturated heterocycles. The SMILES string of the molecule is CC(C)Oc1cc2nc(C3CCCCC3)cn2cc1C(=O)Nc1cccc(C(F)F)n1.CN1CCC(c2ccc(C3CCC(=O)NC3=O)cc2F)CC1. The van der Waals surface area contributed by atoms with Gasteiger partial charge in [0.2, 0.25) is 11.8 Å². The molecule has 0 bridgehead atoms. The van der Waals surface area contributed by atoms with E-state index < -0.39 is 23.9 Å². The molecule has 0 spiro atoms. The molecule has 3 aromatic heterocycles. The molecule has 3 fully saturated rings. The fourth-order valence-electron chi connectivity index (χ4n) is 7.40. The predicted octanol–water partition coefficient (Wildman–Crippen LogP) is 7.91. The standard InChI is InChI=1S/C23H26F2N4O2.C17H21FN2O2/c1-14(2)31-19-11-21-27-18(15-7-4-3-5-8-15)13-29(21)12-16(19)23(30)28-20-10-6-9-17(26-20)22(24)25;1-20-8-6-11(7-9-20)13-3-2-12(10-15(13)18)14-4-5-16(21)19-17(14)22/h6,9-15,22H,3-5,7-8H2,1-2H3,(H,26,28,30);2-3,10-11,14H,4-9H2,1H3,(H,19,21,22). The minimum atomic E-state index is -2.71. The second kappa shape index (κ2) is 16.9. The number of nitrogens with zero attached hydrogens (tertiary/aromatic N) is 4. The first kappa shape index (κ1) is 38.0. The first-order valence-electron chi connectivity index (χ1n) is 18.5. The maximum Gasteiger partial charge on any atom is 0.280 e. The van der Waals surface area contributed by atoms with E-state index in [1.54, 1.807) is 12.3 Å². The summed E-state index contributed by atoms with van der Waals surface area (Å²) in [5.41, 5.74) is 3.06. The number of piperidine rings is 2. The molecule has 0 radical (unpaired) electrons. The Morgan fingerprint density at radius 1 is 0.943 bits per heavy atom. The van der Waals surface area contributed by atoms with Gasteiger partial charge in [0.15, 0.2) is 0 Å². The van der Waals surface area contributed by atoms with E-state index in [1.807, 2.05) is 36.6 Å². The molecule has 10 nitrogen and oxygen atoms in total. The molecule has 2 N–H and O–H groups in total. The fraction of sp³-hybridized carbons (Fsp3) is 0.475. The van der Waals surface area contributed by atoms with E-state index in [-0.39, 0.29) is 41.0 Å². The zero-order valence-corrected chi connectivity index (χ0v) is 30.4. The van der Waals surface area contributed by atoms with Crippen molar-refractivity contribution in [1.82, 2.24) is 24.6 Å². The topological polar surface area (TPSA) is 118 Å². The van der Waals surface area contributed by atoms with Crippen molar-refractivity contribution in [2.24, 2.45) is 0 Å². The van der Waals surface area contributed by atoms with Crippen LogP contribution in [0, 0.1) is 5.82 Å². The van der Waals surface area contributed by atoms with Gasteiger partial charge >= 0.3 is 0 Å². The largest absolute Gasteiger partial charge is 0.490 e. The summed E-state index contributed by atoms with van der Waals surface area (Å²) >= 11 is 0. The van der Waals surface area contributed by atoms with Gasteiger partial charge in [0, 0.05) is 30.8 Å². The number of rotatable bonds is 8. The van der Waals surface area contributed by atoms with Gasteiger partial charge in [-0.2, -0.15) is 0 Å². The van der Waals surface area contributed by atoms with E-state index in [2.05, 4.69) is 27.6 Å². The molecule has 2 aliphatic heterocycles. The molecule has 282 valence electrons. The highest BCUT2D eigenvalue weighted by molar-refractivity contribution is 6.06. The molecule has 7 rings (SSSR count). The minimum Gasteiger partial charge on any atom is -0.490 e. The number of imide groups is 1. The molecule has 1 aromatic carbocycles. The summed E-state index contributed by atoms with van der Waals surface area (Å²) in [5.74, 6) is -0.543. The molecule has 3 aliphatic rings. The first-order chi connectivity index (χ1) is 25.4. The lowest BCUT2D eigenvalue weighted by Crippen LogP contribution is -2.39. The number of hydrogen-bond acceptors (Lipinski definition) is 7. The van der Waals surface area contributed by atoms with Gasteiger partial charge in [-0.3, -0.25) is 19.7 Å². The Kier molecular flexibility index (Phi) is 12.1. The third kappa shape index (κ3) is 9.42. The molecular weight excluding hydrogens is 685 g/mol. The average Bonchev–Trinajstić information content (AvgIpc) is 3.55. The van der Waals surface area contributed by atoms with E-state index in [0.717, 1.165) is 50.0 Å². The van der Waals surface area contributed by atoms with Crippen molar-refractivity contribution in [1.29, 1.82) is 0 Å². The van der Waals surface area contributed by atoms with Crippen molar-refractivity contribution in [2.45, 2.75) is 102 Å². The van der Waals surface area contributed by atoms with Gasteiger partial charge < -0.3 is 19.4 Å². The maximum atomic E-state index is 14.5. The number of anilines is 1. The molecule has 1 saturated carbocycles. The Hall–Kier alpha value is -4.78. The molecular formula is C40H47F3N6O4. The number of fused-ring (bicyclic) bond motifs is 1. The van der Waals surface area contributed by atoms with Crippen molar-refractivity contribution in [3.05, 3.63) is 88.8 Å². The van der Waals surface area contributed by atoms with E-state index >= 15 is 0 Å². The van der Waals surface area contributed by atoms with Crippen LogP contribution in [0.25, 0.3) is 5.65 Å². The number of carbonyl (C=O) groups excluding carboxylic acids is 3. The van der Waals surface area contributed by atoms with Crippen molar-refractivity contribution < 1.29 is 32.3 Å². The summed E-state index contributed by atoms with van der Waals surface area (Å²) in [7, 11) is 2.08. The second-order valence-corrected chi connectivity index (χ2v) is 14.5. The smallest absolute Gasteiger partial charge is 0.280 e. The van der Waals surface area contributed by atoms with E-state index in [0.29, 0.717) is 35.7 Å². The summed E-state index contributed by atoms with van der Waals surface area (Å²) in [5, 5.41) is 4.93. The van der Waals surface area contributed by atoms with Gasteiger partial charge in [0.05, 0.1) is 23.3 Å². The number of benzene rings is 1. The van der Waals surface area contributed by atoms with Crippen molar-refractivity contribution >= 4 is 29.2 Å². The Morgan fingerprint density at radius 3 is 2.38 bits per heavy atom. The maximum absolute atomic E-state index is 14.5. The molecule has 1 aliphatic carbocycles. The van der Waals surface area contributed by atoms with Crippen LogP contribution in [-0.2, 0) is 9.59 Å². The van der Waals surface area contributed by atoms with Gasteiger partial charge in [-0.05, 0) is 101 Å². The quantitative estimate of drug-likeness (QED) is 0.177. The van der Waals surface area contributed by atoms with Crippen LogP contribution in [-0.4, -0.2) is 63.2 Å². The van der Waals surface area contributed by atoms with Crippen LogP contribution in [0.2, 0.25) is 0 Å².